The number of nitrogens with one attached hydrogen (secondary N) is 1. The van der Waals surface area contributed by atoms with Gasteiger partial charge in [-0.05, 0) is 51.1 Å². The first-order valence-corrected chi connectivity index (χ1v) is 8.62. The number of aromatic nitrogens is 3. The zero-order chi connectivity index (χ0) is 16.5. The Bertz CT molecular complexity index is 922. The SMILES string of the molecule is CCOc1ccc2[nH]c3c(=O)n(CCN4CCCC4)cnc3c2c1. The van der Waals surface area contributed by atoms with Gasteiger partial charge in [0.2, 0.25) is 0 Å². The summed E-state index contributed by atoms with van der Waals surface area (Å²) in [5.41, 5.74) is 2.19. The second kappa shape index (κ2) is 6.28. The highest BCUT2D eigenvalue weighted by Crippen LogP contribution is 2.25. The van der Waals surface area contributed by atoms with Crippen molar-refractivity contribution in [2.24, 2.45) is 0 Å². The summed E-state index contributed by atoms with van der Waals surface area (Å²) in [6.45, 7) is 6.43. The fraction of sp³-hybridized carbons (Fsp3) is 0.444. The minimum absolute atomic E-state index is 0.00615. The minimum Gasteiger partial charge on any atom is -0.494 e. The summed E-state index contributed by atoms with van der Waals surface area (Å²) >= 11 is 0. The number of nitrogens with zero attached hydrogens (tertiary/aromatic N) is 3. The highest BCUT2D eigenvalue weighted by Gasteiger charge is 2.14. The maximum absolute atomic E-state index is 12.8. The van der Waals surface area contributed by atoms with Crippen molar-refractivity contribution in [3.8, 4) is 5.75 Å². The van der Waals surface area contributed by atoms with Crippen LogP contribution >= 0.6 is 0 Å². The lowest BCUT2D eigenvalue weighted by atomic mass is 10.2. The third-order valence-electron chi connectivity index (χ3n) is 4.71. The number of H-pyrrole nitrogens is 1. The summed E-state index contributed by atoms with van der Waals surface area (Å²) in [6.07, 6.45) is 4.19. The van der Waals surface area contributed by atoms with Crippen molar-refractivity contribution in [3.63, 3.8) is 0 Å². The van der Waals surface area contributed by atoms with E-state index in [-0.39, 0.29) is 5.56 Å². The minimum atomic E-state index is -0.00615. The molecule has 1 saturated heterocycles. The monoisotopic (exact) mass is 326 g/mol. The Morgan fingerprint density at radius 3 is 2.88 bits per heavy atom. The molecule has 126 valence electrons. The maximum atomic E-state index is 12.8. The Morgan fingerprint density at radius 1 is 1.25 bits per heavy atom. The summed E-state index contributed by atoms with van der Waals surface area (Å²) in [7, 11) is 0. The van der Waals surface area contributed by atoms with Crippen LogP contribution in [-0.2, 0) is 6.54 Å². The Morgan fingerprint density at radius 2 is 2.08 bits per heavy atom. The molecule has 0 bridgehead atoms. The molecule has 0 spiro atoms. The predicted molar refractivity (Wildman–Crippen MR) is 94.7 cm³/mol. The average Bonchev–Trinajstić information content (AvgIpc) is 3.22. The van der Waals surface area contributed by atoms with E-state index < -0.39 is 0 Å². The molecule has 4 rings (SSSR count). The van der Waals surface area contributed by atoms with Gasteiger partial charge in [-0.1, -0.05) is 0 Å². The van der Waals surface area contributed by atoms with Gasteiger partial charge in [0, 0.05) is 24.0 Å². The molecule has 2 aromatic heterocycles. The Labute approximate surface area is 140 Å². The number of hydrogen-bond donors (Lipinski definition) is 1. The van der Waals surface area contributed by atoms with Gasteiger partial charge in [-0.2, -0.15) is 0 Å². The average molecular weight is 326 g/mol. The van der Waals surface area contributed by atoms with E-state index >= 15 is 0 Å². The quantitative estimate of drug-likeness (QED) is 0.782. The molecule has 6 heteroatoms. The molecule has 3 aromatic rings. The molecule has 0 saturated carbocycles. The standard InChI is InChI=1S/C18H22N4O2/c1-2-24-13-5-6-15-14(11-13)16-17(20-15)18(23)22(12-19-16)10-9-21-7-3-4-8-21/h5-6,11-12,20H,2-4,7-10H2,1H3. The van der Waals surface area contributed by atoms with E-state index in [9.17, 15) is 4.79 Å². The van der Waals surface area contributed by atoms with Gasteiger partial charge in [0.25, 0.3) is 5.56 Å². The Balaban J connectivity index is 1.70. The maximum Gasteiger partial charge on any atom is 0.277 e. The molecule has 1 fully saturated rings. The fourth-order valence-electron chi connectivity index (χ4n) is 3.44. The molecule has 1 aliphatic rings. The van der Waals surface area contributed by atoms with Crippen molar-refractivity contribution in [3.05, 3.63) is 34.9 Å². The van der Waals surface area contributed by atoms with E-state index in [1.165, 1.54) is 12.8 Å². The van der Waals surface area contributed by atoms with Gasteiger partial charge in [0.05, 0.1) is 12.9 Å². The third-order valence-corrected chi connectivity index (χ3v) is 4.71. The predicted octanol–water partition coefficient (Wildman–Crippen LogP) is 2.37. The Kier molecular flexibility index (Phi) is 3.98. The molecule has 1 aromatic carbocycles. The summed E-state index contributed by atoms with van der Waals surface area (Å²) in [4.78, 5) is 22.9. The molecule has 1 N–H and O–H groups in total. The van der Waals surface area contributed by atoms with Gasteiger partial charge in [0.15, 0.2) is 0 Å². The van der Waals surface area contributed by atoms with E-state index in [4.69, 9.17) is 4.74 Å². The molecule has 0 aliphatic carbocycles. The zero-order valence-corrected chi connectivity index (χ0v) is 13.9. The van der Waals surface area contributed by atoms with Crippen molar-refractivity contribution in [1.29, 1.82) is 0 Å². The molecule has 0 unspecified atom stereocenters. The highest BCUT2D eigenvalue weighted by molar-refractivity contribution is 6.04. The second-order valence-corrected chi connectivity index (χ2v) is 6.28. The van der Waals surface area contributed by atoms with Crippen LogP contribution in [0.1, 0.15) is 19.8 Å². The van der Waals surface area contributed by atoms with Crippen LogP contribution in [0, 0.1) is 0 Å². The van der Waals surface area contributed by atoms with Crippen LogP contribution in [0.15, 0.2) is 29.3 Å². The van der Waals surface area contributed by atoms with Gasteiger partial charge in [0.1, 0.15) is 16.8 Å². The topological polar surface area (TPSA) is 63.2 Å². The van der Waals surface area contributed by atoms with Crippen LogP contribution in [0.4, 0.5) is 0 Å². The summed E-state index contributed by atoms with van der Waals surface area (Å²) in [5.74, 6) is 0.797. The van der Waals surface area contributed by atoms with Crippen LogP contribution in [0.5, 0.6) is 5.75 Å². The summed E-state index contributed by atoms with van der Waals surface area (Å²) in [5, 5.41) is 0.930. The Hall–Kier alpha value is -2.34. The lowest BCUT2D eigenvalue weighted by Gasteiger charge is -2.14. The molecule has 0 radical (unpaired) electrons. The van der Waals surface area contributed by atoms with Crippen LogP contribution < -0.4 is 10.3 Å². The first kappa shape index (κ1) is 15.2. The number of hydrogen-bond acceptors (Lipinski definition) is 4. The molecule has 6 nitrogen and oxygen atoms in total. The van der Waals surface area contributed by atoms with Crippen LogP contribution in [-0.4, -0.2) is 45.7 Å². The van der Waals surface area contributed by atoms with Crippen molar-refractivity contribution >= 4 is 21.9 Å². The fourth-order valence-corrected chi connectivity index (χ4v) is 3.44. The number of rotatable bonds is 5. The molecule has 3 heterocycles. The first-order valence-electron chi connectivity index (χ1n) is 8.62. The van der Waals surface area contributed by atoms with E-state index in [1.54, 1.807) is 10.9 Å². The zero-order valence-electron chi connectivity index (χ0n) is 13.9. The van der Waals surface area contributed by atoms with Crippen LogP contribution in [0.25, 0.3) is 21.9 Å². The molecule has 0 atom stereocenters. The van der Waals surface area contributed by atoms with Gasteiger partial charge in [-0.25, -0.2) is 4.98 Å². The molecular formula is C18H22N4O2. The van der Waals surface area contributed by atoms with Crippen molar-refractivity contribution in [2.75, 3.05) is 26.2 Å². The number of benzene rings is 1. The van der Waals surface area contributed by atoms with Crippen molar-refractivity contribution in [2.45, 2.75) is 26.3 Å². The summed E-state index contributed by atoms with van der Waals surface area (Å²) < 4.78 is 7.26. The van der Waals surface area contributed by atoms with E-state index in [1.807, 2.05) is 25.1 Å². The van der Waals surface area contributed by atoms with Crippen LogP contribution in [0.3, 0.4) is 0 Å². The van der Waals surface area contributed by atoms with Crippen molar-refractivity contribution < 1.29 is 4.74 Å². The van der Waals surface area contributed by atoms with Gasteiger partial charge < -0.3 is 14.6 Å². The normalized spacial score (nSPS) is 15.5. The van der Waals surface area contributed by atoms with Gasteiger partial charge >= 0.3 is 0 Å². The molecule has 0 amide bonds. The lowest BCUT2D eigenvalue weighted by Crippen LogP contribution is -2.29. The number of aromatic amines is 1. The summed E-state index contributed by atoms with van der Waals surface area (Å²) in [6, 6.07) is 5.79. The third kappa shape index (κ3) is 2.67. The van der Waals surface area contributed by atoms with E-state index in [2.05, 4.69) is 14.9 Å². The van der Waals surface area contributed by atoms with Crippen LogP contribution in [0.2, 0.25) is 0 Å². The van der Waals surface area contributed by atoms with Gasteiger partial charge in [-0.3, -0.25) is 9.36 Å². The molecular weight excluding hydrogens is 304 g/mol. The smallest absolute Gasteiger partial charge is 0.277 e. The molecule has 24 heavy (non-hydrogen) atoms. The van der Waals surface area contributed by atoms with E-state index in [0.29, 0.717) is 24.2 Å². The number of fused-ring (bicyclic) bond motifs is 3. The van der Waals surface area contributed by atoms with E-state index in [0.717, 1.165) is 36.3 Å². The first-order chi connectivity index (χ1) is 11.8. The highest BCUT2D eigenvalue weighted by atomic mass is 16.5. The van der Waals surface area contributed by atoms with Crippen molar-refractivity contribution in [1.82, 2.24) is 19.4 Å². The number of likely N-dealkylation sites (tertiary alicyclic amines) is 1. The second-order valence-electron chi connectivity index (χ2n) is 6.28. The lowest BCUT2D eigenvalue weighted by molar-refractivity contribution is 0.320. The number of ether oxygens (including phenoxy) is 1. The molecule has 1 aliphatic heterocycles. The van der Waals surface area contributed by atoms with Gasteiger partial charge in [-0.15, -0.1) is 0 Å². The largest absolute Gasteiger partial charge is 0.494 e.